The molecule has 0 bridgehead atoms. The number of anilines is 1. The van der Waals surface area contributed by atoms with Crippen molar-refractivity contribution < 1.29 is 4.74 Å². The SMILES string of the molecule is Cc1cc(CN)ccc1N(C)C1CCOC1C. The summed E-state index contributed by atoms with van der Waals surface area (Å²) in [6, 6.07) is 6.94. The topological polar surface area (TPSA) is 38.5 Å². The quantitative estimate of drug-likeness (QED) is 0.870. The normalized spacial score (nSPS) is 24.0. The van der Waals surface area contributed by atoms with E-state index < -0.39 is 0 Å². The Morgan fingerprint density at radius 1 is 1.47 bits per heavy atom. The van der Waals surface area contributed by atoms with Crippen molar-refractivity contribution >= 4 is 5.69 Å². The third-order valence-electron chi connectivity index (χ3n) is 3.71. The number of rotatable bonds is 3. The number of aryl methyl sites for hydroxylation is 1. The molecule has 94 valence electrons. The molecule has 1 aliphatic heterocycles. The van der Waals surface area contributed by atoms with Gasteiger partial charge in [0.1, 0.15) is 0 Å². The van der Waals surface area contributed by atoms with Crippen LogP contribution in [0.15, 0.2) is 18.2 Å². The Morgan fingerprint density at radius 3 is 2.76 bits per heavy atom. The van der Waals surface area contributed by atoms with Crippen LogP contribution in [0.4, 0.5) is 5.69 Å². The summed E-state index contributed by atoms with van der Waals surface area (Å²) in [4.78, 5) is 2.34. The molecule has 0 radical (unpaired) electrons. The van der Waals surface area contributed by atoms with Crippen LogP contribution in [0.5, 0.6) is 0 Å². The predicted molar refractivity (Wildman–Crippen MR) is 71.3 cm³/mol. The van der Waals surface area contributed by atoms with Crippen LogP contribution in [0.1, 0.15) is 24.5 Å². The molecule has 1 aromatic carbocycles. The van der Waals surface area contributed by atoms with E-state index in [2.05, 4.69) is 44.0 Å². The molecule has 0 aromatic heterocycles. The fourth-order valence-corrected chi connectivity index (χ4v) is 2.65. The Morgan fingerprint density at radius 2 is 2.24 bits per heavy atom. The fraction of sp³-hybridized carbons (Fsp3) is 0.571. The second-order valence-electron chi connectivity index (χ2n) is 4.87. The van der Waals surface area contributed by atoms with Gasteiger partial charge in [0, 0.05) is 25.9 Å². The Bertz CT molecular complexity index is 392. The molecule has 17 heavy (non-hydrogen) atoms. The molecular weight excluding hydrogens is 212 g/mol. The monoisotopic (exact) mass is 234 g/mol. The second-order valence-corrected chi connectivity index (χ2v) is 4.87. The zero-order valence-electron chi connectivity index (χ0n) is 10.9. The van der Waals surface area contributed by atoms with E-state index in [1.54, 1.807) is 0 Å². The lowest BCUT2D eigenvalue weighted by atomic mass is 10.1. The van der Waals surface area contributed by atoms with Gasteiger partial charge in [-0.3, -0.25) is 0 Å². The molecule has 2 N–H and O–H groups in total. The van der Waals surface area contributed by atoms with E-state index in [0.29, 0.717) is 18.7 Å². The number of nitrogens with zero attached hydrogens (tertiary/aromatic N) is 1. The van der Waals surface area contributed by atoms with Gasteiger partial charge in [-0.1, -0.05) is 12.1 Å². The van der Waals surface area contributed by atoms with E-state index in [-0.39, 0.29) is 0 Å². The summed E-state index contributed by atoms with van der Waals surface area (Å²) in [7, 11) is 2.15. The Labute approximate surface area is 104 Å². The van der Waals surface area contributed by atoms with Gasteiger partial charge in [0.2, 0.25) is 0 Å². The van der Waals surface area contributed by atoms with Crippen molar-refractivity contribution in [3.8, 4) is 0 Å². The van der Waals surface area contributed by atoms with Crippen molar-refractivity contribution in [2.45, 2.75) is 39.0 Å². The van der Waals surface area contributed by atoms with Gasteiger partial charge in [-0.05, 0) is 37.5 Å². The van der Waals surface area contributed by atoms with E-state index in [1.165, 1.54) is 16.8 Å². The van der Waals surface area contributed by atoms with Crippen LogP contribution in [0.3, 0.4) is 0 Å². The Balaban J connectivity index is 2.21. The Kier molecular flexibility index (Phi) is 3.69. The van der Waals surface area contributed by atoms with Gasteiger partial charge in [0.05, 0.1) is 12.1 Å². The Hall–Kier alpha value is -1.06. The molecule has 1 heterocycles. The largest absolute Gasteiger partial charge is 0.376 e. The third kappa shape index (κ3) is 2.45. The van der Waals surface area contributed by atoms with Crippen LogP contribution in [0.25, 0.3) is 0 Å². The minimum absolute atomic E-state index is 0.314. The lowest BCUT2D eigenvalue weighted by Crippen LogP contribution is -2.37. The van der Waals surface area contributed by atoms with Crippen LogP contribution in [0.2, 0.25) is 0 Å². The minimum Gasteiger partial charge on any atom is -0.376 e. The summed E-state index contributed by atoms with van der Waals surface area (Å²) >= 11 is 0. The number of hydrogen-bond donors (Lipinski definition) is 1. The number of ether oxygens (including phenoxy) is 1. The lowest BCUT2D eigenvalue weighted by Gasteiger charge is -2.30. The highest BCUT2D eigenvalue weighted by atomic mass is 16.5. The molecule has 0 saturated carbocycles. The summed E-state index contributed by atoms with van der Waals surface area (Å²) in [5.74, 6) is 0. The first-order valence-corrected chi connectivity index (χ1v) is 6.27. The molecule has 3 nitrogen and oxygen atoms in total. The highest BCUT2D eigenvalue weighted by molar-refractivity contribution is 5.55. The van der Waals surface area contributed by atoms with Crippen LogP contribution in [-0.4, -0.2) is 25.8 Å². The van der Waals surface area contributed by atoms with Crippen LogP contribution < -0.4 is 10.6 Å². The van der Waals surface area contributed by atoms with Crippen molar-refractivity contribution in [2.75, 3.05) is 18.6 Å². The zero-order chi connectivity index (χ0) is 12.4. The molecule has 2 unspecified atom stereocenters. The predicted octanol–water partition coefficient (Wildman–Crippen LogP) is 2.07. The van der Waals surface area contributed by atoms with Crippen molar-refractivity contribution in [3.63, 3.8) is 0 Å². The fourth-order valence-electron chi connectivity index (χ4n) is 2.65. The summed E-state index contributed by atoms with van der Waals surface area (Å²) in [5.41, 5.74) is 9.41. The molecule has 0 spiro atoms. The van der Waals surface area contributed by atoms with Gasteiger partial charge in [-0.2, -0.15) is 0 Å². The maximum Gasteiger partial charge on any atom is 0.0750 e. The van der Waals surface area contributed by atoms with Gasteiger partial charge in [-0.25, -0.2) is 0 Å². The number of nitrogens with two attached hydrogens (primary N) is 1. The van der Waals surface area contributed by atoms with Crippen molar-refractivity contribution in [1.82, 2.24) is 0 Å². The van der Waals surface area contributed by atoms with Crippen LogP contribution in [0, 0.1) is 6.92 Å². The van der Waals surface area contributed by atoms with Gasteiger partial charge < -0.3 is 15.4 Å². The van der Waals surface area contributed by atoms with Crippen molar-refractivity contribution in [3.05, 3.63) is 29.3 Å². The van der Waals surface area contributed by atoms with Gasteiger partial charge >= 0.3 is 0 Å². The summed E-state index contributed by atoms with van der Waals surface area (Å²) in [5, 5.41) is 0. The number of benzene rings is 1. The average Bonchev–Trinajstić information content (AvgIpc) is 2.74. The first kappa shape index (κ1) is 12.4. The molecule has 1 saturated heterocycles. The highest BCUT2D eigenvalue weighted by Crippen LogP contribution is 2.27. The molecule has 1 aliphatic rings. The zero-order valence-corrected chi connectivity index (χ0v) is 10.9. The molecule has 2 rings (SSSR count). The molecule has 0 amide bonds. The third-order valence-corrected chi connectivity index (χ3v) is 3.71. The number of hydrogen-bond acceptors (Lipinski definition) is 3. The van der Waals surface area contributed by atoms with E-state index in [9.17, 15) is 0 Å². The van der Waals surface area contributed by atoms with E-state index >= 15 is 0 Å². The minimum atomic E-state index is 0.314. The summed E-state index contributed by atoms with van der Waals surface area (Å²) in [6.07, 6.45) is 1.42. The molecule has 1 aromatic rings. The van der Waals surface area contributed by atoms with Crippen molar-refractivity contribution in [1.29, 1.82) is 0 Å². The first-order valence-electron chi connectivity index (χ1n) is 6.27. The standard InChI is InChI=1S/C14H22N2O/c1-10-8-12(9-15)4-5-13(10)16(3)14-6-7-17-11(14)2/h4-5,8,11,14H,6-7,9,15H2,1-3H3. The van der Waals surface area contributed by atoms with Gasteiger partial charge in [-0.15, -0.1) is 0 Å². The summed E-state index contributed by atoms with van der Waals surface area (Å²) < 4.78 is 5.63. The van der Waals surface area contributed by atoms with E-state index in [0.717, 1.165) is 13.0 Å². The smallest absolute Gasteiger partial charge is 0.0750 e. The van der Waals surface area contributed by atoms with Crippen molar-refractivity contribution in [2.24, 2.45) is 5.73 Å². The van der Waals surface area contributed by atoms with Crippen LogP contribution >= 0.6 is 0 Å². The van der Waals surface area contributed by atoms with Crippen LogP contribution in [-0.2, 0) is 11.3 Å². The molecular formula is C14H22N2O. The maximum absolute atomic E-state index is 5.66. The lowest BCUT2D eigenvalue weighted by molar-refractivity contribution is 0.118. The second kappa shape index (κ2) is 5.07. The summed E-state index contributed by atoms with van der Waals surface area (Å²) in [6.45, 7) is 5.77. The van der Waals surface area contributed by atoms with Gasteiger partial charge in [0.25, 0.3) is 0 Å². The van der Waals surface area contributed by atoms with Gasteiger partial charge in [0.15, 0.2) is 0 Å². The molecule has 3 heteroatoms. The number of likely N-dealkylation sites (N-methyl/N-ethyl adjacent to an activating group) is 1. The van der Waals surface area contributed by atoms with E-state index in [4.69, 9.17) is 10.5 Å². The molecule has 2 atom stereocenters. The maximum atomic E-state index is 5.66. The highest BCUT2D eigenvalue weighted by Gasteiger charge is 2.28. The molecule has 1 fully saturated rings. The van der Waals surface area contributed by atoms with E-state index in [1.807, 2.05) is 0 Å². The average molecular weight is 234 g/mol. The first-order chi connectivity index (χ1) is 8.13. The molecule has 0 aliphatic carbocycles.